The number of benzene rings is 1. The molecule has 1 aromatic rings. The average Bonchev–Trinajstić information content (AvgIpc) is 2.15. The summed E-state index contributed by atoms with van der Waals surface area (Å²) in [6, 6.07) is 4.15. The molecule has 0 radical (unpaired) electrons. The lowest BCUT2D eigenvalue weighted by atomic mass is 10.3. The summed E-state index contributed by atoms with van der Waals surface area (Å²) in [7, 11) is 1.45. The maximum absolute atomic E-state index is 9.01. The van der Waals surface area contributed by atoms with Gasteiger partial charge in [0.15, 0.2) is 11.5 Å². The summed E-state index contributed by atoms with van der Waals surface area (Å²) in [5, 5.41) is 32.7. The van der Waals surface area contributed by atoms with Crippen LogP contribution in [0.15, 0.2) is 18.2 Å². The minimum absolute atomic E-state index is 0.0262. The Morgan fingerprint density at radius 3 is 1.72 bits per heavy atom. The summed E-state index contributed by atoms with van der Waals surface area (Å²) >= 11 is 0. The number of rotatable bonds is 1. The van der Waals surface area contributed by atoms with E-state index >= 15 is 0 Å². The second-order valence-electron chi connectivity index (χ2n) is 2.89. The summed E-state index contributed by atoms with van der Waals surface area (Å²) in [6.45, 7) is 2.17. The van der Waals surface area contributed by atoms with Gasteiger partial charge in [0.25, 0.3) is 11.9 Å². The monoisotopic (exact) mass is 260 g/mol. The molecule has 0 aliphatic carbocycles. The third-order valence-electron chi connectivity index (χ3n) is 1.16. The number of phenolic OH excluding ortho intramolecular Hbond substituents is 2. The summed E-state index contributed by atoms with van der Waals surface area (Å²) in [6.07, 6.45) is 0. The first-order chi connectivity index (χ1) is 8.20. The molecule has 0 saturated heterocycles. The van der Waals surface area contributed by atoms with Crippen molar-refractivity contribution in [3.8, 4) is 17.2 Å². The van der Waals surface area contributed by atoms with E-state index < -0.39 is 11.9 Å². The number of carboxylic acid groups (broad SMARTS) is 2. The van der Waals surface area contributed by atoms with Crippen molar-refractivity contribution in [1.29, 1.82) is 0 Å². The Morgan fingerprint density at radius 1 is 1.06 bits per heavy atom. The summed E-state index contributed by atoms with van der Waals surface area (Å²) in [5.74, 6) is -1.33. The first-order valence-electron chi connectivity index (χ1n) is 4.65. The molecule has 18 heavy (non-hydrogen) atoms. The molecule has 0 aliphatic rings. The molecular formula is C11H16O7. The Kier molecular flexibility index (Phi) is 9.73. The third kappa shape index (κ3) is 13.6. The van der Waals surface area contributed by atoms with E-state index in [1.807, 2.05) is 0 Å². The molecule has 7 nitrogen and oxygen atoms in total. The fourth-order valence-corrected chi connectivity index (χ4v) is 0.678. The summed E-state index contributed by atoms with van der Waals surface area (Å²) in [4.78, 5) is 18.0. The van der Waals surface area contributed by atoms with Crippen molar-refractivity contribution in [2.24, 2.45) is 0 Å². The van der Waals surface area contributed by atoms with Gasteiger partial charge < -0.3 is 25.2 Å². The number of hydrogen-bond acceptors (Lipinski definition) is 5. The first kappa shape index (κ1) is 17.9. The molecule has 0 bridgehead atoms. The second-order valence-corrected chi connectivity index (χ2v) is 2.89. The predicted molar refractivity (Wildman–Crippen MR) is 62.9 cm³/mol. The Morgan fingerprint density at radius 2 is 1.44 bits per heavy atom. The van der Waals surface area contributed by atoms with Gasteiger partial charge in [0.2, 0.25) is 0 Å². The number of carboxylic acids is 2. The molecule has 0 aromatic heterocycles. The highest BCUT2D eigenvalue weighted by Crippen LogP contribution is 2.28. The molecule has 0 fully saturated rings. The van der Waals surface area contributed by atoms with Gasteiger partial charge in [-0.05, 0) is 12.1 Å². The van der Waals surface area contributed by atoms with Crippen molar-refractivity contribution in [2.75, 3.05) is 7.11 Å². The summed E-state index contributed by atoms with van der Waals surface area (Å²) in [5.41, 5.74) is 0. The molecule has 4 N–H and O–H groups in total. The fourth-order valence-electron chi connectivity index (χ4n) is 0.678. The van der Waals surface area contributed by atoms with Crippen LogP contribution in [0.4, 0.5) is 0 Å². The second kappa shape index (κ2) is 9.76. The number of aromatic hydroxyl groups is 2. The molecule has 0 saturated carbocycles. The van der Waals surface area contributed by atoms with E-state index in [4.69, 9.17) is 34.8 Å². The highest BCUT2D eigenvalue weighted by atomic mass is 16.5. The van der Waals surface area contributed by atoms with Crippen LogP contribution in [0.1, 0.15) is 13.8 Å². The number of ether oxygens (including phenoxy) is 1. The van der Waals surface area contributed by atoms with Gasteiger partial charge in [-0.3, -0.25) is 9.59 Å². The number of methoxy groups -OCH3 is 1. The maximum Gasteiger partial charge on any atom is 0.300 e. The minimum Gasteiger partial charge on any atom is -0.508 e. The van der Waals surface area contributed by atoms with Gasteiger partial charge in [-0.1, -0.05) is 0 Å². The first-order valence-corrected chi connectivity index (χ1v) is 4.65. The third-order valence-corrected chi connectivity index (χ3v) is 1.16. The molecule has 0 amide bonds. The topological polar surface area (TPSA) is 124 Å². The van der Waals surface area contributed by atoms with Crippen LogP contribution >= 0.6 is 0 Å². The average molecular weight is 260 g/mol. The molecule has 0 atom stereocenters. The van der Waals surface area contributed by atoms with Crippen molar-refractivity contribution in [2.45, 2.75) is 13.8 Å². The molecule has 1 aromatic carbocycles. The number of aliphatic carboxylic acids is 2. The summed E-state index contributed by atoms with van der Waals surface area (Å²) < 4.78 is 4.74. The Balaban J connectivity index is 0. The van der Waals surface area contributed by atoms with Crippen molar-refractivity contribution < 1.29 is 34.8 Å². The van der Waals surface area contributed by atoms with Gasteiger partial charge in [-0.25, -0.2) is 0 Å². The van der Waals surface area contributed by atoms with Gasteiger partial charge in [-0.2, -0.15) is 0 Å². The van der Waals surface area contributed by atoms with E-state index in [0.717, 1.165) is 13.8 Å². The highest BCUT2D eigenvalue weighted by molar-refractivity contribution is 5.63. The van der Waals surface area contributed by atoms with Gasteiger partial charge >= 0.3 is 0 Å². The van der Waals surface area contributed by atoms with E-state index in [0.29, 0.717) is 5.75 Å². The Hall–Kier alpha value is -2.44. The van der Waals surface area contributed by atoms with E-state index in [9.17, 15) is 0 Å². The van der Waals surface area contributed by atoms with Crippen LogP contribution in [0, 0.1) is 0 Å². The van der Waals surface area contributed by atoms with Crippen molar-refractivity contribution in [1.82, 2.24) is 0 Å². The lowest BCUT2D eigenvalue weighted by Gasteiger charge is -2.01. The predicted octanol–water partition coefficient (Wildman–Crippen LogP) is 1.29. The lowest BCUT2D eigenvalue weighted by molar-refractivity contribution is -0.135. The largest absolute Gasteiger partial charge is 0.508 e. The molecular weight excluding hydrogens is 244 g/mol. The van der Waals surface area contributed by atoms with Crippen LogP contribution in [0.5, 0.6) is 17.2 Å². The lowest BCUT2D eigenvalue weighted by Crippen LogP contribution is -1.81. The zero-order valence-corrected chi connectivity index (χ0v) is 10.2. The van der Waals surface area contributed by atoms with Crippen molar-refractivity contribution in [3.63, 3.8) is 0 Å². The number of carbonyl (C=O) groups is 2. The van der Waals surface area contributed by atoms with E-state index in [-0.39, 0.29) is 11.5 Å². The molecule has 0 heterocycles. The van der Waals surface area contributed by atoms with Crippen LogP contribution in [0.3, 0.4) is 0 Å². The molecule has 0 aliphatic heterocycles. The molecule has 0 spiro atoms. The molecule has 1 rings (SSSR count). The van der Waals surface area contributed by atoms with Crippen LogP contribution in [-0.4, -0.2) is 39.5 Å². The normalized spacial score (nSPS) is 7.94. The van der Waals surface area contributed by atoms with E-state index in [1.165, 1.54) is 25.3 Å². The SMILES string of the molecule is CC(=O)O.CC(=O)O.COc1ccc(O)cc1O. The standard InChI is InChI=1S/C7H8O3.2C2H4O2/c1-10-7-3-2-5(8)4-6(7)9;2*1-2(3)4/h2-4,8-9H,1H3;2*1H3,(H,3,4). The Bertz CT molecular complexity index is 367. The van der Waals surface area contributed by atoms with Gasteiger partial charge in [0.1, 0.15) is 5.75 Å². The van der Waals surface area contributed by atoms with Crippen LogP contribution in [0.25, 0.3) is 0 Å². The molecule has 0 unspecified atom stereocenters. The van der Waals surface area contributed by atoms with Gasteiger partial charge in [0, 0.05) is 19.9 Å². The maximum atomic E-state index is 9.01. The highest BCUT2D eigenvalue weighted by Gasteiger charge is 1.99. The van der Waals surface area contributed by atoms with Crippen LogP contribution < -0.4 is 4.74 Å². The zero-order chi connectivity index (χ0) is 14.7. The number of hydrogen-bond donors (Lipinski definition) is 4. The van der Waals surface area contributed by atoms with E-state index in [1.54, 1.807) is 0 Å². The number of phenols is 2. The van der Waals surface area contributed by atoms with E-state index in [2.05, 4.69) is 0 Å². The van der Waals surface area contributed by atoms with Gasteiger partial charge in [-0.15, -0.1) is 0 Å². The van der Waals surface area contributed by atoms with Crippen LogP contribution in [0.2, 0.25) is 0 Å². The quantitative estimate of drug-likeness (QED) is 0.599. The van der Waals surface area contributed by atoms with Crippen molar-refractivity contribution in [3.05, 3.63) is 18.2 Å². The molecule has 102 valence electrons. The van der Waals surface area contributed by atoms with Gasteiger partial charge in [0.05, 0.1) is 7.11 Å². The zero-order valence-electron chi connectivity index (χ0n) is 10.2. The smallest absolute Gasteiger partial charge is 0.300 e. The fraction of sp³-hybridized carbons (Fsp3) is 0.273. The van der Waals surface area contributed by atoms with Crippen LogP contribution in [-0.2, 0) is 9.59 Å². The Labute approximate surface area is 104 Å². The molecule has 7 heteroatoms. The minimum atomic E-state index is -0.833. The van der Waals surface area contributed by atoms with Crippen molar-refractivity contribution >= 4 is 11.9 Å².